The summed E-state index contributed by atoms with van der Waals surface area (Å²) in [6, 6.07) is 18.7. The Hall–Kier alpha value is -2.82. The molecular weight excluding hydrogens is 306 g/mol. The second-order valence-corrected chi connectivity index (χ2v) is 5.64. The molecule has 1 unspecified atom stereocenters. The van der Waals surface area contributed by atoms with Gasteiger partial charge in [0, 0.05) is 0 Å². The molecule has 2 aromatic rings. The van der Waals surface area contributed by atoms with Gasteiger partial charge in [-0.2, -0.15) is 0 Å². The Kier molecular flexibility index (Phi) is 5.11. The summed E-state index contributed by atoms with van der Waals surface area (Å²) in [6.45, 7) is 0.127. The molecule has 24 heavy (non-hydrogen) atoms. The molecular formula is C19H19NO4. The van der Waals surface area contributed by atoms with Crippen LogP contribution in [-0.4, -0.2) is 29.7 Å². The molecule has 5 heteroatoms. The Morgan fingerprint density at radius 2 is 1.67 bits per heavy atom. The predicted octanol–water partition coefficient (Wildman–Crippen LogP) is 3.14. The molecule has 1 fully saturated rings. The summed E-state index contributed by atoms with van der Waals surface area (Å²) in [7, 11) is 0. The zero-order chi connectivity index (χ0) is 16.8. The van der Waals surface area contributed by atoms with Crippen molar-refractivity contribution < 1.29 is 19.1 Å². The summed E-state index contributed by atoms with van der Waals surface area (Å²) in [5, 5.41) is 0. The molecule has 124 valence electrons. The summed E-state index contributed by atoms with van der Waals surface area (Å²) < 4.78 is 10.3. The minimum Gasteiger partial charge on any atom is -0.444 e. The van der Waals surface area contributed by atoms with Crippen LogP contribution in [0.5, 0.6) is 0 Å². The van der Waals surface area contributed by atoms with Gasteiger partial charge in [-0.25, -0.2) is 9.59 Å². The van der Waals surface area contributed by atoms with Gasteiger partial charge in [0.05, 0.1) is 0 Å². The lowest BCUT2D eigenvalue weighted by Gasteiger charge is -2.19. The number of esters is 1. The first kappa shape index (κ1) is 16.1. The van der Waals surface area contributed by atoms with E-state index in [0.29, 0.717) is 12.8 Å². The van der Waals surface area contributed by atoms with E-state index >= 15 is 0 Å². The van der Waals surface area contributed by atoms with E-state index in [4.69, 9.17) is 9.47 Å². The van der Waals surface area contributed by atoms with E-state index in [9.17, 15) is 9.59 Å². The average molecular weight is 325 g/mol. The number of carbonyl (C=O) groups excluding carboxylic acids is 2. The number of aryl methyl sites for hydroxylation is 1. The van der Waals surface area contributed by atoms with E-state index in [1.807, 2.05) is 60.7 Å². The lowest BCUT2D eigenvalue weighted by Crippen LogP contribution is -2.38. The van der Waals surface area contributed by atoms with Gasteiger partial charge in [-0.3, -0.25) is 4.90 Å². The number of hydrogen-bond acceptors (Lipinski definition) is 4. The Morgan fingerprint density at radius 3 is 2.33 bits per heavy atom. The molecule has 2 aromatic carbocycles. The van der Waals surface area contributed by atoms with Crippen LogP contribution in [0.1, 0.15) is 17.5 Å². The molecule has 0 bridgehead atoms. The lowest BCUT2D eigenvalue weighted by molar-refractivity contribution is -0.139. The highest BCUT2D eigenvalue weighted by molar-refractivity contribution is 5.83. The van der Waals surface area contributed by atoms with Gasteiger partial charge in [0.1, 0.15) is 12.6 Å². The van der Waals surface area contributed by atoms with E-state index in [1.54, 1.807) is 0 Å². The minimum atomic E-state index is -0.589. The van der Waals surface area contributed by atoms with E-state index in [-0.39, 0.29) is 19.3 Å². The van der Waals surface area contributed by atoms with Crippen LogP contribution in [0, 0.1) is 0 Å². The molecule has 0 aliphatic carbocycles. The van der Waals surface area contributed by atoms with Gasteiger partial charge in [-0.15, -0.1) is 0 Å². The fourth-order valence-corrected chi connectivity index (χ4v) is 2.65. The molecule has 1 heterocycles. The topological polar surface area (TPSA) is 55.8 Å². The monoisotopic (exact) mass is 325 g/mol. The zero-order valence-corrected chi connectivity index (χ0v) is 13.3. The van der Waals surface area contributed by atoms with Gasteiger partial charge in [0.25, 0.3) is 0 Å². The van der Waals surface area contributed by atoms with Crippen molar-refractivity contribution >= 4 is 12.1 Å². The minimum absolute atomic E-state index is 0.0497. The van der Waals surface area contributed by atoms with Gasteiger partial charge in [-0.05, 0) is 24.0 Å². The second-order valence-electron chi connectivity index (χ2n) is 5.64. The number of benzene rings is 2. The smallest absolute Gasteiger partial charge is 0.413 e. The van der Waals surface area contributed by atoms with Crippen LogP contribution in [0.2, 0.25) is 0 Å². The Labute approximate surface area is 140 Å². The second kappa shape index (κ2) is 7.64. The summed E-state index contributed by atoms with van der Waals surface area (Å²) in [5.74, 6) is -0.373. The van der Waals surface area contributed by atoms with E-state index in [0.717, 1.165) is 11.1 Å². The number of carbonyl (C=O) groups is 2. The standard InChI is InChI=1S/C19H19NO4/c21-18-17(12-11-15-7-3-1-4-8-15)20(14-24-18)19(22)23-13-16-9-5-2-6-10-16/h1-10,17H,11-14H2. The molecule has 0 N–H and O–H groups in total. The Balaban J connectivity index is 1.56. The molecule has 0 aromatic heterocycles. The zero-order valence-electron chi connectivity index (χ0n) is 13.3. The molecule has 1 aliphatic rings. The molecule has 0 saturated carbocycles. The number of ether oxygens (including phenoxy) is 2. The summed E-state index contributed by atoms with van der Waals surface area (Å²) in [5.41, 5.74) is 2.02. The molecule has 0 spiro atoms. The maximum absolute atomic E-state index is 12.3. The molecule has 1 saturated heterocycles. The van der Waals surface area contributed by atoms with E-state index < -0.39 is 12.1 Å². The van der Waals surface area contributed by atoms with Crippen LogP contribution in [-0.2, 0) is 27.3 Å². The summed E-state index contributed by atoms with van der Waals surface area (Å²) in [4.78, 5) is 25.5. The molecule has 3 rings (SSSR count). The highest BCUT2D eigenvalue weighted by Gasteiger charge is 2.38. The first-order chi connectivity index (χ1) is 11.7. The quantitative estimate of drug-likeness (QED) is 0.793. The van der Waals surface area contributed by atoms with Crippen molar-refractivity contribution in [1.82, 2.24) is 4.90 Å². The van der Waals surface area contributed by atoms with Crippen molar-refractivity contribution in [3.63, 3.8) is 0 Å². The molecule has 5 nitrogen and oxygen atoms in total. The maximum atomic E-state index is 12.3. The van der Waals surface area contributed by atoms with Crippen molar-refractivity contribution in [2.45, 2.75) is 25.5 Å². The van der Waals surface area contributed by atoms with E-state index in [1.165, 1.54) is 4.90 Å². The average Bonchev–Trinajstić information content (AvgIpc) is 3.00. The van der Waals surface area contributed by atoms with Gasteiger partial charge >= 0.3 is 12.1 Å². The first-order valence-corrected chi connectivity index (χ1v) is 7.92. The van der Waals surface area contributed by atoms with Crippen LogP contribution >= 0.6 is 0 Å². The third-order valence-electron chi connectivity index (χ3n) is 3.98. The largest absolute Gasteiger partial charge is 0.444 e. The highest BCUT2D eigenvalue weighted by Crippen LogP contribution is 2.19. The maximum Gasteiger partial charge on any atom is 0.413 e. The molecule has 1 atom stereocenters. The van der Waals surface area contributed by atoms with Crippen LogP contribution in [0.3, 0.4) is 0 Å². The van der Waals surface area contributed by atoms with Gasteiger partial charge in [-0.1, -0.05) is 60.7 Å². The number of amides is 1. The molecule has 1 aliphatic heterocycles. The van der Waals surface area contributed by atoms with Gasteiger partial charge in [0.15, 0.2) is 6.73 Å². The van der Waals surface area contributed by atoms with E-state index in [2.05, 4.69) is 0 Å². The third kappa shape index (κ3) is 3.93. The molecule has 0 radical (unpaired) electrons. The predicted molar refractivity (Wildman–Crippen MR) is 88.0 cm³/mol. The first-order valence-electron chi connectivity index (χ1n) is 7.92. The number of rotatable bonds is 5. The number of nitrogens with zero attached hydrogens (tertiary/aromatic N) is 1. The Morgan fingerprint density at radius 1 is 1.04 bits per heavy atom. The summed E-state index contributed by atoms with van der Waals surface area (Å²) in [6.07, 6.45) is 0.689. The van der Waals surface area contributed by atoms with Crippen molar-refractivity contribution in [2.24, 2.45) is 0 Å². The summed E-state index contributed by atoms with van der Waals surface area (Å²) >= 11 is 0. The fraction of sp³-hybridized carbons (Fsp3) is 0.263. The van der Waals surface area contributed by atoms with Crippen molar-refractivity contribution in [2.75, 3.05) is 6.73 Å². The molecule has 1 amide bonds. The van der Waals surface area contributed by atoms with Crippen molar-refractivity contribution in [3.05, 3.63) is 71.8 Å². The van der Waals surface area contributed by atoms with Crippen LogP contribution in [0.25, 0.3) is 0 Å². The van der Waals surface area contributed by atoms with Gasteiger partial charge < -0.3 is 9.47 Å². The third-order valence-corrected chi connectivity index (χ3v) is 3.98. The Bertz CT molecular complexity index is 687. The van der Waals surface area contributed by atoms with Crippen molar-refractivity contribution in [3.8, 4) is 0 Å². The van der Waals surface area contributed by atoms with Crippen LogP contribution in [0.15, 0.2) is 60.7 Å². The normalized spacial score (nSPS) is 16.8. The van der Waals surface area contributed by atoms with Crippen LogP contribution in [0.4, 0.5) is 4.79 Å². The fourth-order valence-electron chi connectivity index (χ4n) is 2.65. The number of cyclic esters (lactones) is 1. The number of hydrogen-bond donors (Lipinski definition) is 0. The highest BCUT2D eigenvalue weighted by atomic mass is 16.6. The lowest BCUT2D eigenvalue weighted by atomic mass is 10.1. The van der Waals surface area contributed by atoms with Crippen LogP contribution < -0.4 is 0 Å². The van der Waals surface area contributed by atoms with Gasteiger partial charge in [0.2, 0.25) is 0 Å². The SMILES string of the molecule is O=C1OCN(C(=O)OCc2ccccc2)C1CCc1ccccc1. The van der Waals surface area contributed by atoms with Crippen molar-refractivity contribution in [1.29, 1.82) is 0 Å².